The molecule has 0 saturated carbocycles. The van der Waals surface area contributed by atoms with E-state index in [9.17, 15) is 4.79 Å². The van der Waals surface area contributed by atoms with Crippen LogP contribution in [0.3, 0.4) is 0 Å². The van der Waals surface area contributed by atoms with Crippen molar-refractivity contribution in [1.82, 2.24) is 10.3 Å². The highest BCUT2D eigenvalue weighted by Gasteiger charge is 2.02. The van der Waals surface area contributed by atoms with Crippen LogP contribution in [0.4, 0.5) is 4.79 Å². The molecule has 0 aliphatic carbocycles. The van der Waals surface area contributed by atoms with E-state index >= 15 is 0 Å². The van der Waals surface area contributed by atoms with E-state index in [1.807, 2.05) is 58.9 Å². The largest absolute Gasteiger partial charge is 0.450 e. The molecular weight excluding hydrogens is 304 g/mol. The normalized spacial score (nSPS) is 9.71. The van der Waals surface area contributed by atoms with E-state index in [2.05, 4.69) is 5.32 Å². The number of benzene rings is 1. The minimum absolute atomic E-state index is 0.346. The van der Waals surface area contributed by atoms with Crippen LogP contribution in [0.25, 0.3) is 5.70 Å². The van der Waals surface area contributed by atoms with Gasteiger partial charge in [-0.25, -0.2) is 10.6 Å². The first-order chi connectivity index (χ1) is 11.5. The molecule has 1 rings (SSSR count). The summed E-state index contributed by atoms with van der Waals surface area (Å²) in [6.45, 7) is 12.9. The van der Waals surface area contributed by atoms with Gasteiger partial charge in [0.1, 0.15) is 0 Å². The minimum atomic E-state index is -0.448. The molecule has 0 bridgehead atoms. The van der Waals surface area contributed by atoms with Gasteiger partial charge in [-0.2, -0.15) is 0 Å². The van der Waals surface area contributed by atoms with Crippen molar-refractivity contribution < 1.29 is 9.53 Å². The molecule has 0 aliphatic rings. The summed E-state index contributed by atoms with van der Waals surface area (Å²) < 4.78 is 4.74. The second kappa shape index (κ2) is 15.7. The average molecular weight is 338 g/mol. The van der Waals surface area contributed by atoms with Crippen LogP contribution in [0, 0.1) is 6.92 Å². The van der Waals surface area contributed by atoms with Crippen LogP contribution in [-0.2, 0) is 4.74 Å². The number of carbonyl (C=O) groups is 1. The van der Waals surface area contributed by atoms with Gasteiger partial charge >= 0.3 is 6.09 Å². The van der Waals surface area contributed by atoms with Crippen molar-refractivity contribution >= 4 is 11.8 Å². The highest BCUT2D eigenvalue weighted by molar-refractivity contribution is 5.67. The average Bonchev–Trinajstić information content (AvgIpc) is 2.58. The van der Waals surface area contributed by atoms with E-state index in [1.165, 1.54) is 5.01 Å². The van der Waals surface area contributed by atoms with Gasteiger partial charge in [0.05, 0.1) is 18.8 Å². The third-order valence-corrected chi connectivity index (χ3v) is 2.57. The predicted octanol–water partition coefficient (Wildman–Crippen LogP) is 3.23. The molecule has 1 aromatic rings. The van der Waals surface area contributed by atoms with E-state index in [-0.39, 0.29) is 0 Å². The quantitative estimate of drug-likeness (QED) is 0.547. The maximum absolute atomic E-state index is 11.1. The van der Waals surface area contributed by atoms with Crippen LogP contribution >= 0.6 is 0 Å². The number of hydrogen-bond donors (Lipinski definition) is 3. The second-order valence-electron chi connectivity index (χ2n) is 4.34. The second-order valence-corrected chi connectivity index (χ2v) is 4.34. The van der Waals surface area contributed by atoms with Crippen molar-refractivity contribution in [3.63, 3.8) is 0 Å². The molecule has 0 saturated heterocycles. The molecule has 0 radical (unpaired) electrons. The standard InChI is InChI=1S/C14H22N4O2.2C2H6/c1-3-20-14(19)17-7-8-18(16)10-13(15)12-6-4-5-11(2)9-12;2*1-2/h4-6,9-10H,3,7-8,15-16H2,1-2H3,(H,17,19);2*1-2H3/b13-10-;;. The summed E-state index contributed by atoms with van der Waals surface area (Å²) >= 11 is 0. The maximum atomic E-state index is 11.1. The number of amides is 1. The van der Waals surface area contributed by atoms with Gasteiger partial charge in [-0.15, -0.1) is 0 Å². The first-order valence-electron chi connectivity index (χ1n) is 8.49. The Morgan fingerprint density at radius 3 is 2.46 bits per heavy atom. The Morgan fingerprint density at radius 1 is 1.29 bits per heavy atom. The lowest BCUT2D eigenvalue weighted by Gasteiger charge is -2.15. The first kappa shape index (κ1) is 24.0. The topological polar surface area (TPSA) is 93.6 Å². The highest BCUT2D eigenvalue weighted by atomic mass is 16.5. The van der Waals surface area contributed by atoms with Gasteiger partial charge in [-0.05, 0) is 25.5 Å². The van der Waals surface area contributed by atoms with Crippen LogP contribution in [0.2, 0.25) is 0 Å². The fourth-order valence-corrected chi connectivity index (χ4v) is 1.61. The summed E-state index contributed by atoms with van der Waals surface area (Å²) in [5.74, 6) is 5.80. The van der Waals surface area contributed by atoms with Crippen LogP contribution < -0.4 is 16.9 Å². The van der Waals surface area contributed by atoms with Gasteiger partial charge < -0.3 is 20.8 Å². The molecule has 0 atom stereocenters. The van der Waals surface area contributed by atoms with Crippen LogP contribution in [-0.4, -0.2) is 30.8 Å². The van der Waals surface area contributed by atoms with Gasteiger partial charge in [0.15, 0.2) is 0 Å². The summed E-state index contributed by atoms with van der Waals surface area (Å²) in [5.41, 5.74) is 8.59. The first-order valence-corrected chi connectivity index (χ1v) is 8.49. The van der Waals surface area contributed by atoms with Crippen molar-refractivity contribution in [2.45, 2.75) is 41.5 Å². The summed E-state index contributed by atoms with van der Waals surface area (Å²) in [5, 5.41) is 4.02. The lowest BCUT2D eigenvalue weighted by molar-refractivity contribution is 0.151. The number of carbonyl (C=O) groups excluding carboxylic acids is 1. The van der Waals surface area contributed by atoms with Crippen molar-refractivity contribution in [2.75, 3.05) is 19.7 Å². The van der Waals surface area contributed by atoms with Gasteiger partial charge in [-0.3, -0.25) is 0 Å². The zero-order chi connectivity index (χ0) is 19.0. The Morgan fingerprint density at radius 2 is 1.92 bits per heavy atom. The molecule has 0 heterocycles. The molecule has 1 amide bonds. The van der Waals surface area contributed by atoms with Crippen LogP contribution in [0.15, 0.2) is 30.5 Å². The minimum Gasteiger partial charge on any atom is -0.450 e. The molecule has 0 unspecified atom stereocenters. The van der Waals surface area contributed by atoms with Crippen molar-refractivity contribution in [2.24, 2.45) is 11.6 Å². The molecule has 0 fully saturated rings. The molecule has 0 spiro atoms. The Labute approximate surface area is 146 Å². The molecule has 1 aromatic carbocycles. The molecule has 0 aromatic heterocycles. The Kier molecular flexibility index (Phi) is 15.7. The van der Waals surface area contributed by atoms with E-state index < -0.39 is 6.09 Å². The summed E-state index contributed by atoms with van der Waals surface area (Å²) in [4.78, 5) is 11.1. The van der Waals surface area contributed by atoms with Crippen LogP contribution in [0.5, 0.6) is 0 Å². The Hall–Kier alpha value is -2.21. The van der Waals surface area contributed by atoms with E-state index in [1.54, 1.807) is 13.1 Å². The number of aryl methyl sites for hydroxylation is 1. The zero-order valence-electron chi connectivity index (χ0n) is 15.9. The molecule has 5 N–H and O–H groups in total. The smallest absolute Gasteiger partial charge is 0.407 e. The van der Waals surface area contributed by atoms with Crippen molar-refractivity contribution in [3.05, 3.63) is 41.6 Å². The van der Waals surface area contributed by atoms with Gasteiger partial charge in [0.2, 0.25) is 0 Å². The van der Waals surface area contributed by atoms with Crippen molar-refractivity contribution in [3.8, 4) is 0 Å². The number of hydrogen-bond acceptors (Lipinski definition) is 5. The van der Waals surface area contributed by atoms with E-state index in [4.69, 9.17) is 16.3 Å². The molecular formula is C18H34N4O2. The van der Waals surface area contributed by atoms with Crippen LogP contribution in [0.1, 0.15) is 45.7 Å². The van der Waals surface area contributed by atoms with Crippen molar-refractivity contribution in [1.29, 1.82) is 0 Å². The van der Waals surface area contributed by atoms with Gasteiger partial charge in [-0.1, -0.05) is 51.5 Å². The third-order valence-electron chi connectivity index (χ3n) is 2.57. The highest BCUT2D eigenvalue weighted by Crippen LogP contribution is 2.10. The number of ether oxygens (including phenoxy) is 1. The SMILES string of the molecule is CC.CC.CCOC(=O)NCCN(N)/C=C(\N)c1cccc(C)c1. The lowest BCUT2D eigenvalue weighted by atomic mass is 10.1. The van der Waals surface area contributed by atoms with E-state index in [0.29, 0.717) is 25.4 Å². The third kappa shape index (κ3) is 11.4. The molecule has 6 nitrogen and oxygen atoms in total. The fraction of sp³-hybridized carbons (Fsp3) is 0.500. The number of hydrazine groups is 1. The Bertz CT molecular complexity index is 476. The summed E-state index contributed by atoms with van der Waals surface area (Å²) in [7, 11) is 0. The molecule has 0 aliphatic heterocycles. The monoisotopic (exact) mass is 338 g/mol. The number of alkyl carbamates (subject to hydrolysis) is 1. The molecule has 24 heavy (non-hydrogen) atoms. The maximum Gasteiger partial charge on any atom is 0.407 e. The molecule has 138 valence electrons. The lowest BCUT2D eigenvalue weighted by Crippen LogP contribution is -2.36. The number of nitrogens with zero attached hydrogens (tertiary/aromatic N) is 1. The fourth-order valence-electron chi connectivity index (χ4n) is 1.61. The predicted molar refractivity (Wildman–Crippen MR) is 102 cm³/mol. The number of nitrogens with two attached hydrogens (primary N) is 2. The zero-order valence-corrected chi connectivity index (χ0v) is 15.9. The molecule has 6 heteroatoms. The summed E-state index contributed by atoms with van der Waals surface area (Å²) in [6, 6.07) is 7.84. The van der Waals surface area contributed by atoms with E-state index in [0.717, 1.165) is 11.1 Å². The summed E-state index contributed by atoms with van der Waals surface area (Å²) in [6.07, 6.45) is 1.19. The number of nitrogens with one attached hydrogen (secondary N) is 1. The Balaban J connectivity index is 0. The van der Waals surface area contributed by atoms with Gasteiger partial charge in [0, 0.05) is 12.7 Å². The number of rotatable bonds is 6. The van der Waals surface area contributed by atoms with Gasteiger partial charge in [0.25, 0.3) is 0 Å².